The van der Waals surface area contributed by atoms with E-state index < -0.39 is 29.6 Å². The van der Waals surface area contributed by atoms with E-state index in [4.69, 9.17) is 11.6 Å². The zero-order valence-corrected chi connectivity index (χ0v) is 18.9. The second-order valence-corrected chi connectivity index (χ2v) is 8.65. The average molecular weight is 518 g/mol. The fourth-order valence-electron chi connectivity index (χ4n) is 3.88. The number of hydrogen-bond donors (Lipinski definition) is 2. The average Bonchev–Trinajstić information content (AvgIpc) is 3.49. The molecule has 2 heterocycles. The third-order valence-corrected chi connectivity index (χ3v) is 6.06. The van der Waals surface area contributed by atoms with Crippen molar-refractivity contribution in [2.24, 2.45) is 5.92 Å². The molecule has 0 amide bonds. The van der Waals surface area contributed by atoms with Crippen LogP contribution in [0, 0.1) is 11.7 Å². The van der Waals surface area contributed by atoms with Crippen LogP contribution in [0.5, 0.6) is 0 Å². The molecule has 1 aliphatic carbocycles. The number of aromatic nitrogens is 4. The van der Waals surface area contributed by atoms with Crippen molar-refractivity contribution in [3.8, 4) is 16.9 Å². The summed E-state index contributed by atoms with van der Waals surface area (Å²) in [4.78, 5) is 19.9. The molecule has 2 atom stereocenters. The van der Waals surface area contributed by atoms with Crippen molar-refractivity contribution in [1.82, 2.24) is 19.7 Å². The Bertz CT molecular complexity index is 1470. The Morgan fingerprint density at radius 1 is 1.17 bits per heavy atom. The molecule has 2 aromatic heterocycles. The van der Waals surface area contributed by atoms with Crippen molar-refractivity contribution in [2.75, 3.05) is 5.32 Å². The van der Waals surface area contributed by atoms with E-state index in [0.29, 0.717) is 23.2 Å². The van der Waals surface area contributed by atoms with Crippen LogP contribution in [0.25, 0.3) is 16.9 Å². The topological polar surface area (TPSA) is 92.9 Å². The van der Waals surface area contributed by atoms with Crippen LogP contribution in [0.3, 0.4) is 0 Å². The summed E-state index contributed by atoms with van der Waals surface area (Å²) in [7, 11) is 0. The molecule has 0 bridgehead atoms. The number of anilines is 2. The van der Waals surface area contributed by atoms with Gasteiger partial charge in [0.15, 0.2) is 11.5 Å². The molecule has 12 heteroatoms. The quantitative estimate of drug-likeness (QED) is 0.301. The molecule has 36 heavy (non-hydrogen) atoms. The number of benzene rings is 2. The van der Waals surface area contributed by atoms with E-state index in [1.54, 1.807) is 18.2 Å². The van der Waals surface area contributed by atoms with Gasteiger partial charge in [-0.05, 0) is 47.7 Å². The molecule has 0 radical (unpaired) electrons. The van der Waals surface area contributed by atoms with Gasteiger partial charge in [0, 0.05) is 23.6 Å². The third kappa shape index (κ3) is 4.74. The number of alkyl halides is 3. The van der Waals surface area contributed by atoms with Gasteiger partial charge in [-0.15, -0.1) is 0 Å². The standard InChI is InChI=1S/C24H16ClF4N5O2/c25-18-9-14(4-5-19(18)26)31-23-30-11-17(21(32-23)34-7-6-20(33-34)24(27,28)29)13-3-1-2-12(8-13)15-10-16(15)22(35)36/h1-9,11,15-16H,10H2,(H,35,36)(H,30,31,32)/t15-,16+/m0/s1. The molecule has 0 saturated heterocycles. The van der Waals surface area contributed by atoms with Gasteiger partial charge in [0.1, 0.15) is 5.82 Å². The Morgan fingerprint density at radius 2 is 1.97 bits per heavy atom. The van der Waals surface area contributed by atoms with E-state index in [0.717, 1.165) is 28.6 Å². The van der Waals surface area contributed by atoms with Crippen molar-refractivity contribution in [2.45, 2.75) is 18.5 Å². The Labute approximate surface area is 206 Å². The molecule has 0 aliphatic heterocycles. The van der Waals surface area contributed by atoms with Crippen LogP contribution in [0.1, 0.15) is 23.6 Å². The van der Waals surface area contributed by atoms with Gasteiger partial charge in [0.25, 0.3) is 0 Å². The summed E-state index contributed by atoms with van der Waals surface area (Å²) in [6.45, 7) is 0. The molecule has 2 N–H and O–H groups in total. The Hall–Kier alpha value is -3.99. The van der Waals surface area contributed by atoms with Crippen LogP contribution >= 0.6 is 11.6 Å². The lowest BCUT2D eigenvalue weighted by atomic mass is 10.0. The van der Waals surface area contributed by atoms with E-state index in [-0.39, 0.29) is 22.7 Å². The molecule has 1 saturated carbocycles. The number of nitrogens with zero attached hydrogens (tertiary/aromatic N) is 4. The largest absolute Gasteiger partial charge is 0.481 e. The monoisotopic (exact) mass is 517 g/mol. The van der Waals surface area contributed by atoms with Crippen LogP contribution in [0.4, 0.5) is 29.2 Å². The highest BCUT2D eigenvalue weighted by Gasteiger charge is 2.44. The van der Waals surface area contributed by atoms with Gasteiger partial charge in [0.05, 0.1) is 10.9 Å². The van der Waals surface area contributed by atoms with Gasteiger partial charge in [-0.2, -0.15) is 23.3 Å². The van der Waals surface area contributed by atoms with E-state index in [1.807, 2.05) is 6.07 Å². The highest BCUT2D eigenvalue weighted by molar-refractivity contribution is 6.31. The van der Waals surface area contributed by atoms with Crippen LogP contribution < -0.4 is 5.32 Å². The number of halogens is 5. The molecule has 4 aromatic rings. The maximum Gasteiger partial charge on any atom is 0.435 e. The van der Waals surface area contributed by atoms with Crippen LogP contribution in [-0.2, 0) is 11.0 Å². The molecule has 0 spiro atoms. The first-order valence-corrected chi connectivity index (χ1v) is 11.0. The third-order valence-electron chi connectivity index (χ3n) is 5.77. The maximum atomic E-state index is 13.5. The summed E-state index contributed by atoms with van der Waals surface area (Å²) in [5, 5.41) is 15.6. The number of carbonyl (C=O) groups is 1. The van der Waals surface area contributed by atoms with Crippen molar-refractivity contribution in [1.29, 1.82) is 0 Å². The summed E-state index contributed by atoms with van der Waals surface area (Å²) in [6.07, 6.45) is -1.58. The fraction of sp³-hybridized carbons (Fsp3) is 0.167. The smallest absolute Gasteiger partial charge is 0.435 e. The lowest BCUT2D eigenvalue weighted by molar-refractivity contribution is -0.141. The zero-order chi connectivity index (χ0) is 25.6. The number of hydrogen-bond acceptors (Lipinski definition) is 5. The minimum atomic E-state index is -4.65. The summed E-state index contributed by atoms with van der Waals surface area (Å²) < 4.78 is 54.1. The predicted octanol–water partition coefficient (Wildman–Crippen LogP) is 6.07. The molecule has 5 rings (SSSR count). The first kappa shape index (κ1) is 23.7. The SMILES string of the molecule is O=C(O)[C@@H]1C[C@H]1c1cccc(-c2cnc(Nc3ccc(F)c(Cl)c3)nc2-n2ccc(C(F)(F)F)n2)c1. The second-order valence-electron chi connectivity index (χ2n) is 8.24. The number of carboxylic acids is 1. The van der Waals surface area contributed by atoms with Crippen molar-refractivity contribution < 1.29 is 27.5 Å². The summed E-state index contributed by atoms with van der Waals surface area (Å²) in [5.41, 5.74) is 1.03. The van der Waals surface area contributed by atoms with E-state index >= 15 is 0 Å². The molecule has 1 aliphatic rings. The molecule has 0 unspecified atom stereocenters. The van der Waals surface area contributed by atoms with Crippen molar-refractivity contribution in [3.05, 3.63) is 83.0 Å². The van der Waals surface area contributed by atoms with Gasteiger partial charge in [-0.1, -0.05) is 35.9 Å². The van der Waals surface area contributed by atoms with Crippen molar-refractivity contribution >= 4 is 29.2 Å². The Balaban J connectivity index is 1.56. The first-order chi connectivity index (χ1) is 17.1. The van der Waals surface area contributed by atoms with Crippen LogP contribution in [-0.4, -0.2) is 30.8 Å². The summed E-state index contributed by atoms with van der Waals surface area (Å²) in [5.74, 6) is -2.02. The van der Waals surface area contributed by atoms with Crippen LogP contribution in [0.2, 0.25) is 5.02 Å². The van der Waals surface area contributed by atoms with Gasteiger partial charge in [0.2, 0.25) is 5.95 Å². The lowest BCUT2D eigenvalue weighted by Gasteiger charge is -2.13. The van der Waals surface area contributed by atoms with Gasteiger partial charge >= 0.3 is 12.1 Å². The summed E-state index contributed by atoms with van der Waals surface area (Å²) in [6, 6.07) is 11.8. The normalized spacial score (nSPS) is 17.1. The Kier molecular flexibility index (Phi) is 5.87. The molecule has 7 nitrogen and oxygen atoms in total. The van der Waals surface area contributed by atoms with Crippen molar-refractivity contribution in [3.63, 3.8) is 0 Å². The number of nitrogens with one attached hydrogen (secondary N) is 1. The lowest BCUT2D eigenvalue weighted by Crippen LogP contribution is -2.10. The van der Waals surface area contributed by atoms with E-state index in [2.05, 4.69) is 20.4 Å². The molecule has 1 fully saturated rings. The van der Waals surface area contributed by atoms with E-state index in [1.165, 1.54) is 18.3 Å². The first-order valence-electron chi connectivity index (χ1n) is 10.7. The van der Waals surface area contributed by atoms with E-state index in [9.17, 15) is 27.5 Å². The minimum Gasteiger partial charge on any atom is -0.481 e. The second kappa shape index (κ2) is 8.90. The fourth-order valence-corrected chi connectivity index (χ4v) is 4.06. The number of aliphatic carboxylic acids is 1. The molecule has 2 aromatic carbocycles. The highest BCUT2D eigenvalue weighted by Crippen LogP contribution is 2.48. The van der Waals surface area contributed by atoms with Gasteiger partial charge < -0.3 is 10.4 Å². The highest BCUT2D eigenvalue weighted by atomic mass is 35.5. The minimum absolute atomic E-state index is 0.0183. The number of rotatable bonds is 6. The molecular weight excluding hydrogens is 502 g/mol. The van der Waals surface area contributed by atoms with Gasteiger partial charge in [-0.25, -0.2) is 14.1 Å². The zero-order valence-electron chi connectivity index (χ0n) is 18.2. The summed E-state index contributed by atoms with van der Waals surface area (Å²) >= 11 is 5.82. The predicted molar refractivity (Wildman–Crippen MR) is 123 cm³/mol. The molecule has 184 valence electrons. The maximum absolute atomic E-state index is 13.5. The van der Waals surface area contributed by atoms with Gasteiger partial charge in [-0.3, -0.25) is 4.79 Å². The molecular formula is C24H16ClF4N5O2. The Morgan fingerprint density at radius 3 is 2.64 bits per heavy atom. The number of carboxylic acid groups (broad SMARTS) is 1. The van der Waals surface area contributed by atoms with Crippen LogP contribution in [0.15, 0.2) is 60.9 Å².